The first-order valence-electron chi connectivity index (χ1n) is 3.03. The van der Waals surface area contributed by atoms with Crippen LogP contribution in [-0.4, -0.2) is 0 Å². The zero-order valence-electron chi connectivity index (χ0n) is 4.35. The molecule has 3 aliphatic carbocycles. The normalized spacial score (nSPS) is 45.7. The van der Waals surface area contributed by atoms with Crippen molar-refractivity contribution in [1.82, 2.24) is 0 Å². The van der Waals surface area contributed by atoms with Crippen molar-refractivity contribution in [1.29, 1.82) is 0 Å². The Morgan fingerprint density at radius 1 is 1.43 bits per heavy atom. The SMILES string of the molecule is [C]1=CCC2CC1C2. The van der Waals surface area contributed by atoms with Crippen LogP contribution in [0.2, 0.25) is 0 Å². The standard InChI is InChI=1S/C7H9/c1-2-6-4-7(3-1)5-6/h1,6-7H,2,4-5H2. The van der Waals surface area contributed by atoms with Crippen LogP contribution in [0.15, 0.2) is 6.08 Å². The van der Waals surface area contributed by atoms with E-state index >= 15 is 0 Å². The molecule has 2 bridgehead atoms. The Bertz CT molecular complexity index is 96.6. The van der Waals surface area contributed by atoms with E-state index in [4.69, 9.17) is 0 Å². The molecule has 0 aliphatic heterocycles. The highest BCUT2D eigenvalue weighted by Crippen LogP contribution is 2.40. The summed E-state index contributed by atoms with van der Waals surface area (Å²) in [5, 5.41) is 0. The second kappa shape index (κ2) is 1.12. The largest absolute Gasteiger partial charge is 0.0805 e. The maximum Gasteiger partial charge on any atom is -0.0157 e. The molecule has 1 radical (unpaired) electrons. The van der Waals surface area contributed by atoms with Crippen molar-refractivity contribution in [3.8, 4) is 0 Å². The number of hydrogen-bond donors (Lipinski definition) is 0. The summed E-state index contributed by atoms with van der Waals surface area (Å²) in [4.78, 5) is 0. The lowest BCUT2D eigenvalue weighted by Crippen LogP contribution is -2.24. The van der Waals surface area contributed by atoms with Gasteiger partial charge in [0, 0.05) is 0 Å². The van der Waals surface area contributed by atoms with Gasteiger partial charge in [0.05, 0.1) is 0 Å². The Labute approximate surface area is 44.2 Å². The first-order valence-corrected chi connectivity index (χ1v) is 3.03. The molecule has 7 heavy (non-hydrogen) atoms. The van der Waals surface area contributed by atoms with E-state index in [1.165, 1.54) is 19.3 Å². The molecular formula is C7H9. The number of allylic oxidation sites excluding steroid dienone is 2. The molecule has 0 amide bonds. The molecule has 37 valence electrons. The van der Waals surface area contributed by atoms with Crippen molar-refractivity contribution >= 4 is 0 Å². The molecule has 0 nitrogen and oxygen atoms in total. The van der Waals surface area contributed by atoms with Crippen molar-refractivity contribution in [2.45, 2.75) is 19.3 Å². The molecule has 1 fully saturated rings. The Morgan fingerprint density at radius 3 is 2.43 bits per heavy atom. The Balaban J connectivity index is 2.18. The number of rotatable bonds is 0. The molecule has 3 rings (SSSR count). The number of hydrogen-bond acceptors (Lipinski definition) is 0. The summed E-state index contributed by atoms with van der Waals surface area (Å²) in [5.74, 6) is 1.94. The van der Waals surface area contributed by atoms with Crippen LogP contribution in [0.25, 0.3) is 0 Å². The topological polar surface area (TPSA) is 0 Å². The van der Waals surface area contributed by atoms with Gasteiger partial charge in [-0.15, -0.1) is 0 Å². The van der Waals surface area contributed by atoms with E-state index in [9.17, 15) is 0 Å². The van der Waals surface area contributed by atoms with Crippen molar-refractivity contribution in [3.05, 3.63) is 12.2 Å². The summed E-state index contributed by atoms with van der Waals surface area (Å²) < 4.78 is 0. The van der Waals surface area contributed by atoms with Gasteiger partial charge in [-0.1, -0.05) is 6.08 Å². The third kappa shape index (κ3) is 0.425. The van der Waals surface area contributed by atoms with Crippen LogP contribution in [0.3, 0.4) is 0 Å². The average molecular weight is 93.1 g/mol. The maximum atomic E-state index is 3.32. The third-order valence-electron chi connectivity index (χ3n) is 2.04. The molecule has 0 atom stereocenters. The van der Waals surface area contributed by atoms with E-state index in [0.29, 0.717) is 0 Å². The summed E-state index contributed by atoms with van der Waals surface area (Å²) >= 11 is 0. The van der Waals surface area contributed by atoms with Crippen LogP contribution in [0.5, 0.6) is 0 Å². The molecule has 0 aromatic rings. The van der Waals surface area contributed by atoms with Gasteiger partial charge >= 0.3 is 0 Å². The van der Waals surface area contributed by atoms with Gasteiger partial charge in [-0.05, 0) is 37.2 Å². The molecular weight excluding hydrogens is 84.1 g/mol. The van der Waals surface area contributed by atoms with Crippen LogP contribution >= 0.6 is 0 Å². The highest BCUT2D eigenvalue weighted by Gasteiger charge is 2.29. The van der Waals surface area contributed by atoms with Crippen LogP contribution in [0.4, 0.5) is 0 Å². The second-order valence-corrected chi connectivity index (χ2v) is 2.64. The minimum Gasteiger partial charge on any atom is -0.0805 e. The highest BCUT2D eigenvalue weighted by atomic mass is 14.3. The van der Waals surface area contributed by atoms with Crippen molar-refractivity contribution in [2.75, 3.05) is 0 Å². The summed E-state index contributed by atoms with van der Waals surface area (Å²) in [6.45, 7) is 0. The van der Waals surface area contributed by atoms with Crippen LogP contribution in [0.1, 0.15) is 19.3 Å². The van der Waals surface area contributed by atoms with Crippen molar-refractivity contribution in [2.24, 2.45) is 11.8 Å². The quantitative estimate of drug-likeness (QED) is 0.428. The van der Waals surface area contributed by atoms with Crippen molar-refractivity contribution in [3.63, 3.8) is 0 Å². The van der Waals surface area contributed by atoms with E-state index in [-0.39, 0.29) is 0 Å². The minimum absolute atomic E-state index is 0.874. The van der Waals surface area contributed by atoms with Crippen LogP contribution < -0.4 is 0 Å². The Hall–Kier alpha value is -0.260. The summed E-state index contributed by atoms with van der Waals surface area (Å²) in [6, 6.07) is 0. The predicted octanol–water partition coefficient (Wildman–Crippen LogP) is 1.78. The fourth-order valence-electron chi connectivity index (χ4n) is 1.47. The second-order valence-electron chi connectivity index (χ2n) is 2.64. The fraction of sp³-hybridized carbons (Fsp3) is 0.714. The first kappa shape index (κ1) is 3.71. The lowest BCUT2D eigenvalue weighted by Gasteiger charge is -2.35. The maximum absolute atomic E-state index is 3.32. The van der Waals surface area contributed by atoms with Gasteiger partial charge in [0.2, 0.25) is 0 Å². The third-order valence-corrected chi connectivity index (χ3v) is 2.04. The monoisotopic (exact) mass is 93.1 g/mol. The molecule has 1 saturated carbocycles. The van der Waals surface area contributed by atoms with E-state index < -0.39 is 0 Å². The molecule has 0 aromatic heterocycles. The zero-order chi connectivity index (χ0) is 4.69. The molecule has 0 spiro atoms. The predicted molar refractivity (Wildman–Crippen MR) is 28.6 cm³/mol. The van der Waals surface area contributed by atoms with Gasteiger partial charge < -0.3 is 0 Å². The molecule has 0 heteroatoms. The van der Waals surface area contributed by atoms with Gasteiger partial charge in [0.1, 0.15) is 0 Å². The summed E-state index contributed by atoms with van der Waals surface area (Å²) in [6.07, 6.45) is 9.73. The first-order chi connectivity index (χ1) is 3.45. The van der Waals surface area contributed by atoms with Crippen molar-refractivity contribution < 1.29 is 0 Å². The van der Waals surface area contributed by atoms with E-state index in [1.807, 2.05) is 0 Å². The van der Waals surface area contributed by atoms with Crippen LogP contribution in [0, 0.1) is 17.9 Å². The van der Waals surface area contributed by atoms with Crippen LogP contribution in [-0.2, 0) is 0 Å². The average Bonchev–Trinajstić information content (AvgIpc) is 1.67. The smallest absolute Gasteiger partial charge is 0.0157 e. The lowest BCUT2D eigenvalue weighted by atomic mass is 9.69. The molecule has 0 N–H and O–H groups in total. The Morgan fingerprint density at radius 2 is 2.29 bits per heavy atom. The van der Waals surface area contributed by atoms with Gasteiger partial charge in [-0.25, -0.2) is 0 Å². The highest BCUT2D eigenvalue weighted by molar-refractivity contribution is 4.98. The van der Waals surface area contributed by atoms with Gasteiger partial charge in [-0.2, -0.15) is 0 Å². The Kier molecular flexibility index (Phi) is 0.592. The van der Waals surface area contributed by atoms with E-state index in [2.05, 4.69) is 12.2 Å². The van der Waals surface area contributed by atoms with Gasteiger partial charge in [0.25, 0.3) is 0 Å². The number of fused-ring (bicyclic) bond motifs is 1. The summed E-state index contributed by atoms with van der Waals surface area (Å²) in [7, 11) is 0. The molecule has 0 unspecified atom stereocenters. The minimum atomic E-state index is 0.874. The molecule has 3 aliphatic rings. The van der Waals surface area contributed by atoms with Gasteiger partial charge in [0.15, 0.2) is 0 Å². The molecule has 0 aromatic carbocycles. The zero-order valence-corrected chi connectivity index (χ0v) is 4.35. The van der Waals surface area contributed by atoms with Gasteiger partial charge in [-0.3, -0.25) is 0 Å². The molecule has 0 heterocycles. The lowest BCUT2D eigenvalue weighted by molar-refractivity contribution is 0.216. The fourth-order valence-corrected chi connectivity index (χ4v) is 1.47. The van der Waals surface area contributed by atoms with E-state index in [0.717, 1.165) is 11.8 Å². The summed E-state index contributed by atoms with van der Waals surface area (Å²) in [5.41, 5.74) is 0. The van der Waals surface area contributed by atoms with E-state index in [1.54, 1.807) is 0 Å². The molecule has 0 saturated heterocycles.